The van der Waals surface area contributed by atoms with Crippen LogP contribution in [0.3, 0.4) is 0 Å². The molecule has 44 heavy (non-hydrogen) atoms. The molecular formula is C33H31F3N4O4. The van der Waals surface area contributed by atoms with Crippen LogP contribution < -0.4 is 9.64 Å². The number of aliphatic hydroxyl groups excluding tert-OH is 1. The summed E-state index contributed by atoms with van der Waals surface area (Å²) in [6.45, 7) is 2.20. The molecule has 3 aliphatic heterocycles. The van der Waals surface area contributed by atoms with E-state index >= 15 is 4.39 Å². The van der Waals surface area contributed by atoms with Gasteiger partial charge in [-0.25, -0.2) is 13.2 Å². The van der Waals surface area contributed by atoms with Crippen LogP contribution >= 0.6 is 0 Å². The fourth-order valence-electron chi connectivity index (χ4n) is 7.09. The van der Waals surface area contributed by atoms with E-state index in [4.69, 9.17) is 20.9 Å². The Hall–Kier alpha value is -4.11. The number of alkyl halides is 1. The standard InChI is InChI=1S/C33H31F3N4O4/c1-2-23-27(35)7-4-19-12-21(42)13-26(28(19)23)24-5-6-25-30(29(24)36)37-32(38-31(25)39-10-11-43-22(16-39)17-41)44-18-33-8-3-9-40(33)15-20(34)14-33/h1,4-7,12-13,20,22,41-42H,3,8-11,14-18H2/t20-,22+,33?/m1/s1. The number of aromatic hydroxyl groups is 1. The maximum atomic E-state index is 16.7. The number of anilines is 1. The minimum atomic E-state index is -0.939. The zero-order valence-electron chi connectivity index (χ0n) is 23.9. The quantitative estimate of drug-likeness (QED) is 0.310. The average Bonchev–Trinajstić information content (AvgIpc) is 3.55. The lowest BCUT2D eigenvalue weighted by Crippen LogP contribution is -2.45. The van der Waals surface area contributed by atoms with Gasteiger partial charge in [-0.05, 0) is 54.6 Å². The molecular weight excluding hydrogens is 573 g/mol. The minimum Gasteiger partial charge on any atom is -0.508 e. The Balaban J connectivity index is 1.38. The highest BCUT2D eigenvalue weighted by molar-refractivity contribution is 6.04. The van der Waals surface area contributed by atoms with Crippen LogP contribution in [0.1, 0.15) is 24.8 Å². The number of aromatic nitrogens is 2. The van der Waals surface area contributed by atoms with Gasteiger partial charge >= 0.3 is 6.01 Å². The Bertz CT molecular complexity index is 1810. The zero-order valence-corrected chi connectivity index (χ0v) is 23.9. The molecule has 4 aromatic rings. The average molecular weight is 605 g/mol. The number of terminal acetylenes is 1. The van der Waals surface area contributed by atoms with Crippen molar-refractivity contribution in [1.82, 2.24) is 14.9 Å². The third kappa shape index (κ3) is 4.78. The third-order valence-electron chi connectivity index (χ3n) is 9.13. The second-order valence-electron chi connectivity index (χ2n) is 11.8. The summed E-state index contributed by atoms with van der Waals surface area (Å²) in [5.41, 5.74) is -0.282. The van der Waals surface area contributed by atoms with Gasteiger partial charge in [0.25, 0.3) is 0 Å². The largest absolute Gasteiger partial charge is 0.508 e. The van der Waals surface area contributed by atoms with Gasteiger partial charge in [0.05, 0.1) is 30.4 Å². The molecule has 0 saturated carbocycles. The van der Waals surface area contributed by atoms with Gasteiger partial charge in [0.2, 0.25) is 0 Å². The summed E-state index contributed by atoms with van der Waals surface area (Å²) in [5.74, 6) is 1.27. The molecule has 8 nitrogen and oxygen atoms in total. The van der Waals surface area contributed by atoms with Crippen LogP contribution in [-0.4, -0.2) is 88.9 Å². The van der Waals surface area contributed by atoms with Gasteiger partial charge in [-0.1, -0.05) is 18.1 Å². The van der Waals surface area contributed by atoms with E-state index in [9.17, 15) is 19.0 Å². The van der Waals surface area contributed by atoms with E-state index in [1.165, 1.54) is 30.3 Å². The number of hydrogen-bond donors (Lipinski definition) is 2. The van der Waals surface area contributed by atoms with E-state index in [-0.39, 0.29) is 52.6 Å². The lowest BCUT2D eigenvalue weighted by molar-refractivity contribution is 0.00339. The number of nitrogens with zero attached hydrogens (tertiary/aromatic N) is 4. The number of phenolic OH excluding ortho intramolecular Hbond substituents is 1. The number of rotatable bonds is 6. The summed E-state index contributed by atoms with van der Waals surface area (Å²) < 4.78 is 57.7. The third-order valence-corrected chi connectivity index (χ3v) is 9.13. The maximum Gasteiger partial charge on any atom is 0.319 e. The van der Waals surface area contributed by atoms with Crippen molar-refractivity contribution in [3.63, 3.8) is 0 Å². The molecule has 0 bridgehead atoms. The second kappa shape index (κ2) is 11.1. The molecule has 3 saturated heterocycles. The summed E-state index contributed by atoms with van der Waals surface area (Å²) in [7, 11) is 0. The smallest absolute Gasteiger partial charge is 0.319 e. The molecule has 0 aliphatic carbocycles. The lowest BCUT2D eigenvalue weighted by Gasteiger charge is -2.34. The molecule has 3 fully saturated rings. The van der Waals surface area contributed by atoms with Crippen LogP contribution in [0.15, 0.2) is 36.4 Å². The molecule has 4 heterocycles. The van der Waals surface area contributed by atoms with Gasteiger partial charge in [-0.2, -0.15) is 9.97 Å². The summed E-state index contributed by atoms with van der Waals surface area (Å²) >= 11 is 0. The van der Waals surface area contributed by atoms with Gasteiger partial charge in [-0.15, -0.1) is 6.42 Å². The summed E-state index contributed by atoms with van der Waals surface area (Å²) in [5, 5.41) is 21.4. The fourth-order valence-corrected chi connectivity index (χ4v) is 7.09. The predicted octanol–water partition coefficient (Wildman–Crippen LogP) is 4.57. The number of aliphatic hydroxyl groups is 1. The second-order valence-corrected chi connectivity index (χ2v) is 11.8. The van der Waals surface area contributed by atoms with Crippen molar-refractivity contribution in [2.45, 2.75) is 37.1 Å². The van der Waals surface area contributed by atoms with Crippen molar-refractivity contribution in [2.24, 2.45) is 0 Å². The molecule has 3 aliphatic rings. The van der Waals surface area contributed by atoms with E-state index in [0.29, 0.717) is 49.3 Å². The number of morpholine rings is 1. The first-order chi connectivity index (χ1) is 21.3. The number of fused-ring (bicyclic) bond motifs is 3. The topological polar surface area (TPSA) is 91.2 Å². The van der Waals surface area contributed by atoms with Crippen molar-refractivity contribution in [3.8, 4) is 35.2 Å². The molecule has 2 N–H and O–H groups in total. The first-order valence-corrected chi connectivity index (χ1v) is 14.7. The molecule has 1 aromatic heterocycles. The molecule has 0 spiro atoms. The monoisotopic (exact) mass is 604 g/mol. The van der Waals surface area contributed by atoms with E-state index in [1.54, 1.807) is 6.07 Å². The normalized spacial score (nSPS) is 23.8. The van der Waals surface area contributed by atoms with Gasteiger partial charge < -0.3 is 24.6 Å². The molecule has 1 unspecified atom stereocenters. The molecule has 0 radical (unpaired) electrons. The van der Waals surface area contributed by atoms with Crippen LogP contribution in [0.4, 0.5) is 19.0 Å². The number of benzene rings is 3. The Labute approximate surface area is 252 Å². The highest BCUT2D eigenvalue weighted by Gasteiger charge is 2.49. The lowest BCUT2D eigenvalue weighted by atomic mass is 9.93. The zero-order chi connectivity index (χ0) is 30.6. The Morgan fingerprint density at radius 1 is 1.11 bits per heavy atom. The van der Waals surface area contributed by atoms with Crippen LogP contribution in [0, 0.1) is 24.0 Å². The van der Waals surface area contributed by atoms with E-state index in [0.717, 1.165) is 19.4 Å². The summed E-state index contributed by atoms with van der Waals surface area (Å²) in [4.78, 5) is 13.2. The fraction of sp³-hybridized carbons (Fsp3) is 0.394. The maximum absolute atomic E-state index is 16.7. The van der Waals surface area contributed by atoms with Gasteiger partial charge in [-0.3, -0.25) is 4.90 Å². The minimum absolute atomic E-state index is 0.0414. The number of ether oxygens (including phenoxy) is 2. The first kappa shape index (κ1) is 28.6. The van der Waals surface area contributed by atoms with Crippen molar-refractivity contribution in [3.05, 3.63) is 53.6 Å². The van der Waals surface area contributed by atoms with Crippen molar-refractivity contribution >= 4 is 27.5 Å². The molecule has 3 atom stereocenters. The highest BCUT2D eigenvalue weighted by atomic mass is 19.1. The van der Waals surface area contributed by atoms with Crippen molar-refractivity contribution < 1.29 is 32.9 Å². The number of hydrogen-bond acceptors (Lipinski definition) is 8. The number of phenols is 1. The molecule has 0 amide bonds. The molecule has 7 rings (SSSR count). The first-order valence-electron chi connectivity index (χ1n) is 14.7. The predicted molar refractivity (Wildman–Crippen MR) is 160 cm³/mol. The van der Waals surface area contributed by atoms with Crippen molar-refractivity contribution in [1.29, 1.82) is 0 Å². The van der Waals surface area contributed by atoms with Crippen molar-refractivity contribution in [2.75, 3.05) is 50.9 Å². The van der Waals surface area contributed by atoms with Crippen LogP contribution in [0.5, 0.6) is 11.8 Å². The van der Waals surface area contributed by atoms with Gasteiger partial charge in [0.15, 0.2) is 5.82 Å². The Kier molecular flexibility index (Phi) is 7.23. The Morgan fingerprint density at radius 3 is 2.80 bits per heavy atom. The van der Waals surface area contributed by atoms with Crippen LogP contribution in [0.25, 0.3) is 32.8 Å². The SMILES string of the molecule is C#Cc1c(F)ccc2cc(O)cc(-c3ccc4c(N5CCO[C@H](CO)C5)nc(OCC56CCCN5C[C@H](F)C6)nc4c3F)c12. The number of halogens is 3. The summed E-state index contributed by atoms with van der Waals surface area (Å²) in [6, 6.07) is 8.62. The van der Waals surface area contributed by atoms with Crippen LogP contribution in [0.2, 0.25) is 0 Å². The molecule has 228 valence electrons. The highest BCUT2D eigenvalue weighted by Crippen LogP contribution is 2.42. The molecule has 11 heteroatoms. The summed E-state index contributed by atoms with van der Waals surface area (Å²) in [6.07, 6.45) is 6.34. The van der Waals surface area contributed by atoms with Crippen LogP contribution in [-0.2, 0) is 4.74 Å². The van der Waals surface area contributed by atoms with E-state index < -0.39 is 29.4 Å². The van der Waals surface area contributed by atoms with E-state index in [1.807, 2.05) is 4.90 Å². The van der Waals surface area contributed by atoms with Gasteiger partial charge in [0, 0.05) is 42.4 Å². The van der Waals surface area contributed by atoms with E-state index in [2.05, 4.69) is 15.8 Å². The Morgan fingerprint density at radius 2 is 1.98 bits per heavy atom. The van der Waals surface area contributed by atoms with Gasteiger partial charge in [0.1, 0.15) is 35.7 Å². The molecule has 3 aromatic carbocycles.